The molecule has 0 fully saturated rings. The second-order valence-corrected chi connectivity index (χ2v) is 8.64. The average molecular weight is 432 g/mol. The van der Waals surface area contributed by atoms with Crippen LogP contribution in [0, 0.1) is 12.8 Å². The van der Waals surface area contributed by atoms with Gasteiger partial charge >= 0.3 is 0 Å². The van der Waals surface area contributed by atoms with Crippen LogP contribution in [0.5, 0.6) is 0 Å². The van der Waals surface area contributed by atoms with E-state index in [0.717, 1.165) is 16.6 Å². The van der Waals surface area contributed by atoms with Crippen molar-refractivity contribution in [3.63, 3.8) is 0 Å². The quantitative estimate of drug-likeness (QED) is 0.403. The van der Waals surface area contributed by atoms with Crippen molar-refractivity contribution in [1.82, 2.24) is 24.1 Å². The fourth-order valence-electron chi connectivity index (χ4n) is 4.02. The van der Waals surface area contributed by atoms with E-state index >= 15 is 0 Å². The molecular formula is C24H22ClN5O. The molecule has 0 aliphatic heterocycles. The fourth-order valence-corrected chi connectivity index (χ4v) is 4.22. The van der Waals surface area contributed by atoms with Gasteiger partial charge in [0, 0.05) is 11.6 Å². The van der Waals surface area contributed by atoms with Gasteiger partial charge in [-0.1, -0.05) is 55.8 Å². The Hall–Kier alpha value is -3.25. The molecule has 3 aromatic heterocycles. The number of fused-ring (bicyclic) bond motifs is 4. The summed E-state index contributed by atoms with van der Waals surface area (Å²) in [4.78, 5) is 28.1. The highest BCUT2D eigenvalue weighted by molar-refractivity contribution is 6.31. The molecule has 5 rings (SSSR count). The SMILES string of the molecule is Cc1nc2c(c(=O)n1CC(C)C)c1nc3ccccc3nc1n2Cc1ccccc1Cl. The van der Waals surface area contributed by atoms with E-state index in [1.807, 2.05) is 60.0 Å². The van der Waals surface area contributed by atoms with Crippen LogP contribution in [-0.4, -0.2) is 24.1 Å². The van der Waals surface area contributed by atoms with Crippen molar-refractivity contribution in [2.45, 2.75) is 33.9 Å². The molecule has 0 N–H and O–H groups in total. The molecule has 0 unspecified atom stereocenters. The third-order valence-corrected chi connectivity index (χ3v) is 5.84. The molecule has 0 radical (unpaired) electrons. The number of aryl methyl sites for hydroxylation is 1. The topological polar surface area (TPSA) is 65.6 Å². The van der Waals surface area contributed by atoms with Crippen LogP contribution in [0.25, 0.3) is 33.2 Å². The summed E-state index contributed by atoms with van der Waals surface area (Å²) < 4.78 is 3.70. The summed E-state index contributed by atoms with van der Waals surface area (Å²) in [6.45, 7) is 7.10. The molecule has 5 aromatic rings. The maximum atomic E-state index is 13.6. The Morgan fingerprint density at radius 3 is 2.29 bits per heavy atom. The first-order chi connectivity index (χ1) is 14.9. The first-order valence-corrected chi connectivity index (χ1v) is 10.7. The van der Waals surface area contributed by atoms with Gasteiger partial charge in [0.1, 0.15) is 16.7 Å². The summed E-state index contributed by atoms with van der Waals surface area (Å²) in [6.07, 6.45) is 0. The Labute approximate surface area is 184 Å². The highest BCUT2D eigenvalue weighted by Crippen LogP contribution is 2.27. The van der Waals surface area contributed by atoms with Crippen LogP contribution in [0.2, 0.25) is 5.02 Å². The Balaban J connectivity index is 1.90. The summed E-state index contributed by atoms with van der Waals surface area (Å²) in [5.41, 5.74) is 4.19. The van der Waals surface area contributed by atoms with Crippen molar-refractivity contribution in [2.75, 3.05) is 0 Å². The van der Waals surface area contributed by atoms with E-state index < -0.39 is 0 Å². The molecular weight excluding hydrogens is 410 g/mol. The zero-order chi connectivity index (χ0) is 21.7. The van der Waals surface area contributed by atoms with Gasteiger partial charge in [0.15, 0.2) is 11.3 Å². The van der Waals surface area contributed by atoms with Crippen LogP contribution in [0.15, 0.2) is 53.3 Å². The second-order valence-electron chi connectivity index (χ2n) is 8.23. The van der Waals surface area contributed by atoms with E-state index in [-0.39, 0.29) is 5.56 Å². The fraction of sp³-hybridized carbons (Fsp3) is 0.250. The van der Waals surface area contributed by atoms with Crippen molar-refractivity contribution < 1.29 is 0 Å². The number of benzene rings is 2. The van der Waals surface area contributed by atoms with Gasteiger partial charge in [0.05, 0.1) is 17.6 Å². The number of hydrogen-bond donors (Lipinski definition) is 0. The molecule has 7 heteroatoms. The van der Waals surface area contributed by atoms with Crippen molar-refractivity contribution in [3.05, 3.63) is 75.3 Å². The van der Waals surface area contributed by atoms with E-state index in [1.54, 1.807) is 4.57 Å². The maximum Gasteiger partial charge on any atom is 0.265 e. The Morgan fingerprint density at radius 2 is 1.58 bits per heavy atom. The smallest absolute Gasteiger partial charge is 0.265 e. The van der Waals surface area contributed by atoms with Gasteiger partial charge in [-0.05, 0) is 36.6 Å². The lowest BCUT2D eigenvalue weighted by molar-refractivity contribution is 0.497. The van der Waals surface area contributed by atoms with Gasteiger partial charge in [-0.25, -0.2) is 15.0 Å². The lowest BCUT2D eigenvalue weighted by Gasteiger charge is -2.13. The van der Waals surface area contributed by atoms with Gasteiger partial charge in [-0.2, -0.15) is 0 Å². The summed E-state index contributed by atoms with van der Waals surface area (Å²) in [5.74, 6) is 0.998. The highest BCUT2D eigenvalue weighted by atomic mass is 35.5. The maximum absolute atomic E-state index is 13.6. The van der Waals surface area contributed by atoms with Crippen LogP contribution in [0.1, 0.15) is 25.2 Å². The molecule has 0 bridgehead atoms. The summed E-state index contributed by atoms with van der Waals surface area (Å²) in [6, 6.07) is 15.4. The Kier molecular flexibility index (Phi) is 4.74. The molecule has 0 saturated heterocycles. The van der Waals surface area contributed by atoms with Crippen LogP contribution in [-0.2, 0) is 13.1 Å². The molecule has 0 atom stereocenters. The van der Waals surface area contributed by atoms with Crippen LogP contribution in [0.4, 0.5) is 0 Å². The van der Waals surface area contributed by atoms with Gasteiger partial charge in [0.25, 0.3) is 5.56 Å². The minimum Gasteiger partial charge on any atom is -0.304 e. The van der Waals surface area contributed by atoms with E-state index in [0.29, 0.717) is 52.1 Å². The predicted molar refractivity (Wildman–Crippen MR) is 125 cm³/mol. The molecule has 0 spiro atoms. The monoisotopic (exact) mass is 431 g/mol. The standard InChI is InChI=1S/C24H22ClN5O/c1-14(2)12-29-15(3)26-22-20(24(29)31)21-23(28-19-11-7-6-10-18(19)27-21)30(22)13-16-8-4-5-9-17(16)25/h4-11,14H,12-13H2,1-3H3. The highest BCUT2D eigenvalue weighted by Gasteiger charge is 2.22. The van der Waals surface area contributed by atoms with Crippen molar-refractivity contribution in [2.24, 2.45) is 5.92 Å². The molecule has 2 aromatic carbocycles. The number of halogens is 1. The van der Waals surface area contributed by atoms with Crippen LogP contribution < -0.4 is 5.56 Å². The number of aromatic nitrogens is 5. The molecule has 0 aliphatic carbocycles. The normalized spacial score (nSPS) is 11.9. The van der Waals surface area contributed by atoms with Gasteiger partial charge < -0.3 is 4.57 Å². The van der Waals surface area contributed by atoms with Crippen molar-refractivity contribution in [3.8, 4) is 0 Å². The van der Waals surface area contributed by atoms with E-state index in [9.17, 15) is 4.79 Å². The summed E-state index contributed by atoms with van der Waals surface area (Å²) in [7, 11) is 0. The largest absolute Gasteiger partial charge is 0.304 e. The third-order valence-electron chi connectivity index (χ3n) is 5.48. The molecule has 0 saturated carbocycles. The summed E-state index contributed by atoms with van der Waals surface area (Å²) in [5, 5.41) is 1.17. The van der Waals surface area contributed by atoms with Gasteiger partial charge in [-0.3, -0.25) is 9.36 Å². The lowest BCUT2D eigenvalue weighted by Crippen LogP contribution is -2.26. The van der Waals surface area contributed by atoms with Gasteiger partial charge in [0.2, 0.25) is 0 Å². The first kappa shape index (κ1) is 19.7. The Bertz CT molecular complexity index is 1520. The van der Waals surface area contributed by atoms with E-state index in [1.165, 1.54) is 0 Å². The second kappa shape index (κ2) is 7.46. The molecule has 156 valence electrons. The lowest BCUT2D eigenvalue weighted by atomic mass is 10.2. The zero-order valence-electron chi connectivity index (χ0n) is 17.6. The molecule has 0 amide bonds. The Morgan fingerprint density at radius 1 is 0.903 bits per heavy atom. The molecule has 31 heavy (non-hydrogen) atoms. The molecule has 3 heterocycles. The molecule has 6 nitrogen and oxygen atoms in total. The molecule has 0 aliphatic rings. The number of para-hydroxylation sites is 2. The van der Waals surface area contributed by atoms with Crippen molar-refractivity contribution in [1.29, 1.82) is 0 Å². The third kappa shape index (κ3) is 3.27. The van der Waals surface area contributed by atoms with E-state index in [2.05, 4.69) is 13.8 Å². The predicted octanol–water partition coefficient (Wildman–Crippen LogP) is 4.96. The van der Waals surface area contributed by atoms with Gasteiger partial charge in [-0.15, -0.1) is 0 Å². The van der Waals surface area contributed by atoms with E-state index in [4.69, 9.17) is 26.6 Å². The summed E-state index contributed by atoms with van der Waals surface area (Å²) >= 11 is 6.45. The van der Waals surface area contributed by atoms with Crippen molar-refractivity contribution >= 4 is 44.8 Å². The number of nitrogens with zero attached hydrogens (tertiary/aromatic N) is 5. The van der Waals surface area contributed by atoms with Crippen LogP contribution >= 0.6 is 11.6 Å². The average Bonchev–Trinajstić information content (AvgIpc) is 3.03. The zero-order valence-corrected chi connectivity index (χ0v) is 18.4. The minimum atomic E-state index is -0.0799. The minimum absolute atomic E-state index is 0.0799. The van der Waals surface area contributed by atoms with Crippen LogP contribution in [0.3, 0.4) is 0 Å². The first-order valence-electron chi connectivity index (χ1n) is 10.3. The number of rotatable bonds is 4. The number of hydrogen-bond acceptors (Lipinski definition) is 4.